The number of likely N-dealkylation sites (N-methyl/N-ethyl adjacent to an activating group) is 1. The lowest BCUT2D eigenvalue weighted by Gasteiger charge is -2.27. The number of primary amides is 1. The van der Waals surface area contributed by atoms with E-state index in [1.165, 1.54) is 4.90 Å². The van der Waals surface area contributed by atoms with Crippen LogP contribution in [0.15, 0.2) is 6.07 Å². The van der Waals surface area contributed by atoms with Gasteiger partial charge in [-0.25, -0.2) is 4.39 Å². The van der Waals surface area contributed by atoms with Gasteiger partial charge in [-0.3, -0.25) is 19.6 Å². The van der Waals surface area contributed by atoms with E-state index in [1.54, 1.807) is 18.0 Å². The van der Waals surface area contributed by atoms with Crippen molar-refractivity contribution >= 4 is 11.8 Å². The van der Waals surface area contributed by atoms with Crippen LogP contribution >= 0.6 is 0 Å². The van der Waals surface area contributed by atoms with Crippen LogP contribution in [0, 0.1) is 0 Å². The topological polar surface area (TPSA) is 95.3 Å². The van der Waals surface area contributed by atoms with Gasteiger partial charge in [-0.2, -0.15) is 5.10 Å². The number of carbonyl (C=O) groups is 2. The number of hydrogen-bond acceptors (Lipinski definition) is 4. The normalized spacial score (nSPS) is 22.0. The molecule has 1 saturated heterocycles. The summed E-state index contributed by atoms with van der Waals surface area (Å²) in [6.45, 7) is 2.49. The zero-order valence-electron chi connectivity index (χ0n) is 12.9. The first-order valence-corrected chi connectivity index (χ1v) is 7.36. The number of halogens is 1. The van der Waals surface area contributed by atoms with Crippen LogP contribution in [0.25, 0.3) is 0 Å². The lowest BCUT2D eigenvalue weighted by atomic mass is 10.2. The molecule has 0 aliphatic carbocycles. The molecule has 8 heteroatoms. The summed E-state index contributed by atoms with van der Waals surface area (Å²) in [5.74, 6) is -0.717. The van der Waals surface area contributed by atoms with Gasteiger partial charge in [0, 0.05) is 31.9 Å². The third-order valence-corrected chi connectivity index (χ3v) is 3.90. The average molecular weight is 311 g/mol. The van der Waals surface area contributed by atoms with Gasteiger partial charge in [0.25, 0.3) is 5.91 Å². The van der Waals surface area contributed by atoms with E-state index in [0.29, 0.717) is 18.7 Å². The summed E-state index contributed by atoms with van der Waals surface area (Å²) in [7, 11) is 1.65. The first kappa shape index (κ1) is 16.4. The van der Waals surface area contributed by atoms with E-state index >= 15 is 0 Å². The van der Waals surface area contributed by atoms with Crippen molar-refractivity contribution < 1.29 is 14.0 Å². The van der Waals surface area contributed by atoms with Crippen LogP contribution in [0.2, 0.25) is 0 Å². The molecule has 0 spiro atoms. The fourth-order valence-electron chi connectivity index (χ4n) is 2.75. The Hall–Kier alpha value is -1.96. The fraction of sp³-hybridized carbons (Fsp3) is 0.643. The summed E-state index contributed by atoms with van der Waals surface area (Å²) < 4.78 is 13.6. The smallest absolute Gasteiger partial charge is 0.274 e. The molecule has 2 rings (SSSR count). The van der Waals surface area contributed by atoms with Crippen LogP contribution in [0.3, 0.4) is 0 Å². The van der Waals surface area contributed by atoms with Gasteiger partial charge in [0.1, 0.15) is 11.9 Å². The van der Waals surface area contributed by atoms with Crippen molar-refractivity contribution in [2.24, 2.45) is 5.73 Å². The maximum absolute atomic E-state index is 13.6. The van der Waals surface area contributed by atoms with Crippen LogP contribution in [0.5, 0.6) is 0 Å². The van der Waals surface area contributed by atoms with Crippen LogP contribution in [-0.4, -0.2) is 70.7 Å². The Morgan fingerprint density at radius 1 is 1.59 bits per heavy atom. The molecular weight excluding hydrogens is 289 g/mol. The molecule has 2 heterocycles. The van der Waals surface area contributed by atoms with E-state index < -0.39 is 12.1 Å². The molecule has 3 N–H and O–H groups in total. The molecule has 0 radical (unpaired) electrons. The lowest BCUT2D eigenvalue weighted by Crippen LogP contribution is -2.44. The number of carbonyl (C=O) groups excluding carboxylic acids is 2. The number of rotatable bonds is 6. The Labute approximate surface area is 128 Å². The number of hydrogen-bond donors (Lipinski definition) is 2. The van der Waals surface area contributed by atoms with E-state index in [1.807, 2.05) is 6.92 Å². The molecule has 0 bridgehead atoms. The average Bonchev–Trinajstić information content (AvgIpc) is 3.04. The minimum absolute atomic E-state index is 0.00943. The van der Waals surface area contributed by atoms with Crippen molar-refractivity contribution in [3.8, 4) is 0 Å². The molecule has 1 aromatic rings. The van der Waals surface area contributed by atoms with Crippen molar-refractivity contribution in [2.75, 3.05) is 26.7 Å². The molecule has 0 aromatic carbocycles. The highest BCUT2D eigenvalue weighted by molar-refractivity contribution is 5.92. The predicted molar refractivity (Wildman–Crippen MR) is 79.0 cm³/mol. The van der Waals surface area contributed by atoms with Gasteiger partial charge in [0.2, 0.25) is 5.91 Å². The second-order valence-electron chi connectivity index (χ2n) is 5.70. The summed E-state index contributed by atoms with van der Waals surface area (Å²) in [6.07, 6.45) is 0.0683. The van der Waals surface area contributed by atoms with Crippen LogP contribution < -0.4 is 5.73 Å². The lowest BCUT2D eigenvalue weighted by molar-refractivity contribution is -0.119. The van der Waals surface area contributed by atoms with E-state index in [0.717, 1.165) is 12.1 Å². The minimum Gasteiger partial charge on any atom is -0.369 e. The van der Waals surface area contributed by atoms with Crippen LogP contribution in [-0.2, 0) is 11.2 Å². The standard InChI is InChI=1S/C14H22FN5O2/c1-3-10-5-12(18-17-10)14(22)19(2)7-11-4-9(15)6-20(11)8-13(16)21/h5,9,11H,3-4,6-8H2,1-2H3,(H2,16,21)(H,17,18)/t9-,11-/m0/s1. The van der Waals surface area contributed by atoms with E-state index in [9.17, 15) is 14.0 Å². The summed E-state index contributed by atoms with van der Waals surface area (Å²) in [6, 6.07) is 1.51. The Kier molecular flexibility index (Phi) is 5.12. The monoisotopic (exact) mass is 311 g/mol. The van der Waals surface area contributed by atoms with Gasteiger partial charge in [-0.15, -0.1) is 0 Å². The maximum Gasteiger partial charge on any atom is 0.274 e. The van der Waals surface area contributed by atoms with Crippen molar-refractivity contribution in [1.29, 1.82) is 0 Å². The first-order chi connectivity index (χ1) is 10.4. The summed E-state index contributed by atoms with van der Waals surface area (Å²) in [5, 5.41) is 6.78. The summed E-state index contributed by atoms with van der Waals surface area (Å²) in [4.78, 5) is 26.6. The number of likely N-dealkylation sites (tertiary alicyclic amines) is 1. The van der Waals surface area contributed by atoms with Crippen molar-refractivity contribution in [3.63, 3.8) is 0 Å². The molecule has 22 heavy (non-hydrogen) atoms. The van der Waals surface area contributed by atoms with Crippen molar-refractivity contribution in [3.05, 3.63) is 17.5 Å². The molecule has 1 aromatic heterocycles. The number of nitrogens with one attached hydrogen (secondary N) is 1. The van der Waals surface area contributed by atoms with E-state index in [2.05, 4.69) is 10.2 Å². The van der Waals surface area contributed by atoms with Gasteiger partial charge >= 0.3 is 0 Å². The van der Waals surface area contributed by atoms with Gasteiger partial charge in [0.15, 0.2) is 0 Å². The van der Waals surface area contributed by atoms with Gasteiger partial charge in [0.05, 0.1) is 6.54 Å². The molecule has 2 amide bonds. The summed E-state index contributed by atoms with van der Waals surface area (Å²) in [5.41, 5.74) is 6.41. The van der Waals surface area contributed by atoms with Gasteiger partial charge in [-0.05, 0) is 18.9 Å². The quantitative estimate of drug-likeness (QED) is 0.769. The second-order valence-corrected chi connectivity index (χ2v) is 5.70. The number of aryl methyl sites for hydroxylation is 1. The Bertz CT molecular complexity index is 547. The molecule has 1 aliphatic heterocycles. The molecule has 2 atom stereocenters. The Balaban J connectivity index is 1.98. The minimum atomic E-state index is -0.995. The third-order valence-electron chi connectivity index (χ3n) is 3.90. The highest BCUT2D eigenvalue weighted by Crippen LogP contribution is 2.21. The largest absolute Gasteiger partial charge is 0.369 e. The number of aromatic nitrogens is 2. The van der Waals surface area contributed by atoms with Crippen LogP contribution in [0.4, 0.5) is 4.39 Å². The Morgan fingerprint density at radius 2 is 2.32 bits per heavy atom. The molecular formula is C14H22FN5O2. The highest BCUT2D eigenvalue weighted by Gasteiger charge is 2.34. The van der Waals surface area contributed by atoms with Gasteiger partial charge in [-0.1, -0.05) is 6.92 Å². The fourth-order valence-corrected chi connectivity index (χ4v) is 2.75. The number of aromatic amines is 1. The molecule has 1 aliphatic rings. The number of amides is 2. The van der Waals surface area contributed by atoms with Crippen molar-refractivity contribution in [2.45, 2.75) is 32.0 Å². The van der Waals surface area contributed by atoms with E-state index in [-0.39, 0.29) is 25.0 Å². The molecule has 0 unspecified atom stereocenters. The summed E-state index contributed by atoms with van der Waals surface area (Å²) >= 11 is 0. The van der Waals surface area contributed by atoms with Crippen molar-refractivity contribution in [1.82, 2.24) is 20.0 Å². The van der Waals surface area contributed by atoms with Crippen LogP contribution in [0.1, 0.15) is 29.5 Å². The SMILES string of the molecule is CCc1cc(C(=O)N(C)C[C@@H]2C[C@H](F)CN2CC(N)=O)n[nH]1. The highest BCUT2D eigenvalue weighted by atomic mass is 19.1. The molecule has 7 nitrogen and oxygen atoms in total. The predicted octanol–water partition coefficient (Wildman–Crippen LogP) is -0.0582. The first-order valence-electron chi connectivity index (χ1n) is 7.36. The zero-order chi connectivity index (χ0) is 16.3. The number of alkyl halides is 1. The third kappa shape index (κ3) is 3.82. The molecule has 122 valence electrons. The number of nitrogens with zero attached hydrogens (tertiary/aromatic N) is 3. The van der Waals surface area contributed by atoms with E-state index in [4.69, 9.17) is 5.73 Å². The number of H-pyrrole nitrogens is 1. The molecule has 1 fully saturated rings. The second kappa shape index (κ2) is 6.87. The maximum atomic E-state index is 13.6. The zero-order valence-corrected chi connectivity index (χ0v) is 12.9. The number of nitrogens with two attached hydrogens (primary N) is 1. The van der Waals surface area contributed by atoms with Gasteiger partial charge < -0.3 is 10.6 Å². The Morgan fingerprint density at radius 3 is 2.91 bits per heavy atom. The molecule has 0 saturated carbocycles.